The zero-order valence-electron chi connectivity index (χ0n) is 11.8. The number of amides is 2. The Morgan fingerprint density at radius 2 is 1.62 bits per heavy atom. The van der Waals surface area contributed by atoms with Crippen LogP contribution in [0.4, 0.5) is 4.79 Å². The molecule has 0 unspecified atom stereocenters. The summed E-state index contributed by atoms with van der Waals surface area (Å²) in [6.45, 7) is 0.544. The molecule has 2 N–H and O–H groups in total. The van der Waals surface area contributed by atoms with E-state index in [-0.39, 0.29) is 12.8 Å². The second-order valence-electron chi connectivity index (χ2n) is 4.28. The Balaban J connectivity index is 1.72. The lowest BCUT2D eigenvalue weighted by Gasteiger charge is -2.11. The molecule has 2 aromatic rings. The van der Waals surface area contributed by atoms with Crippen molar-refractivity contribution in [2.75, 3.05) is 13.8 Å². The molecular weight excluding hydrogens is 268 g/mol. The summed E-state index contributed by atoms with van der Waals surface area (Å²) < 4.78 is 10.6. The van der Waals surface area contributed by atoms with Gasteiger partial charge in [0.2, 0.25) is 0 Å². The van der Waals surface area contributed by atoms with Crippen molar-refractivity contribution in [3.8, 4) is 11.5 Å². The quantitative estimate of drug-likeness (QED) is 0.802. The topological polar surface area (TPSA) is 59.6 Å². The molecule has 2 aromatic carbocycles. The molecule has 0 atom stereocenters. The first-order chi connectivity index (χ1) is 10.3. The van der Waals surface area contributed by atoms with Gasteiger partial charge in [-0.15, -0.1) is 0 Å². The van der Waals surface area contributed by atoms with Crippen molar-refractivity contribution in [1.29, 1.82) is 0 Å². The molecule has 0 aromatic heterocycles. The molecule has 0 saturated heterocycles. The molecule has 5 nitrogen and oxygen atoms in total. The number of carbonyl (C=O) groups is 1. The summed E-state index contributed by atoms with van der Waals surface area (Å²) in [6, 6.07) is 16.7. The number of para-hydroxylation sites is 2. The summed E-state index contributed by atoms with van der Waals surface area (Å²) >= 11 is 0. The van der Waals surface area contributed by atoms with Crippen LogP contribution in [0.2, 0.25) is 0 Å². The third-order valence-electron chi connectivity index (χ3n) is 2.83. The van der Waals surface area contributed by atoms with Gasteiger partial charge in [0.05, 0.1) is 7.11 Å². The first kappa shape index (κ1) is 14.7. The van der Waals surface area contributed by atoms with Crippen LogP contribution in [0.1, 0.15) is 5.56 Å². The summed E-state index contributed by atoms with van der Waals surface area (Å²) in [5.41, 5.74) is 1.04. The normalized spacial score (nSPS) is 9.76. The maximum Gasteiger partial charge on any atom is 0.317 e. The fourth-order valence-corrected chi connectivity index (χ4v) is 1.76. The Labute approximate surface area is 123 Å². The van der Waals surface area contributed by atoms with E-state index in [0.717, 1.165) is 5.56 Å². The summed E-state index contributed by atoms with van der Waals surface area (Å²) in [5.74, 6) is 1.22. The van der Waals surface area contributed by atoms with E-state index >= 15 is 0 Å². The van der Waals surface area contributed by atoms with Crippen molar-refractivity contribution in [2.45, 2.75) is 6.54 Å². The Morgan fingerprint density at radius 3 is 2.33 bits per heavy atom. The average molecular weight is 286 g/mol. The van der Waals surface area contributed by atoms with E-state index in [1.165, 1.54) is 0 Å². The van der Waals surface area contributed by atoms with Crippen LogP contribution < -0.4 is 20.1 Å². The number of hydrogen-bond acceptors (Lipinski definition) is 3. The van der Waals surface area contributed by atoms with Crippen LogP contribution in [-0.4, -0.2) is 19.9 Å². The van der Waals surface area contributed by atoms with Gasteiger partial charge in [0.25, 0.3) is 0 Å². The van der Waals surface area contributed by atoms with Crippen LogP contribution >= 0.6 is 0 Å². The lowest BCUT2D eigenvalue weighted by Crippen LogP contribution is -2.37. The number of hydrogen-bond donors (Lipinski definition) is 2. The molecule has 0 aliphatic carbocycles. The molecule has 0 saturated carbocycles. The number of carbonyl (C=O) groups excluding carboxylic acids is 1. The van der Waals surface area contributed by atoms with Crippen LogP contribution in [0, 0.1) is 0 Å². The molecule has 0 heterocycles. The Kier molecular flexibility index (Phi) is 5.46. The maximum absolute atomic E-state index is 11.6. The molecule has 0 spiro atoms. The SMILES string of the molecule is COc1ccccc1OCNC(=O)NCc1ccccc1. The van der Waals surface area contributed by atoms with E-state index in [0.29, 0.717) is 18.0 Å². The highest BCUT2D eigenvalue weighted by molar-refractivity contribution is 5.73. The minimum Gasteiger partial charge on any atom is -0.493 e. The van der Waals surface area contributed by atoms with Gasteiger partial charge in [0, 0.05) is 6.54 Å². The number of benzene rings is 2. The van der Waals surface area contributed by atoms with Gasteiger partial charge in [-0.3, -0.25) is 0 Å². The van der Waals surface area contributed by atoms with E-state index in [4.69, 9.17) is 9.47 Å². The highest BCUT2D eigenvalue weighted by Gasteiger charge is 2.03. The Morgan fingerprint density at radius 1 is 0.952 bits per heavy atom. The Hall–Kier alpha value is -2.69. The summed E-state index contributed by atoms with van der Waals surface area (Å²) in [7, 11) is 1.57. The Bertz CT molecular complexity index is 573. The lowest BCUT2D eigenvalue weighted by molar-refractivity contribution is 0.221. The first-order valence-corrected chi connectivity index (χ1v) is 6.61. The molecule has 0 aliphatic rings. The van der Waals surface area contributed by atoms with Gasteiger partial charge in [-0.1, -0.05) is 42.5 Å². The minimum absolute atomic E-state index is 0.0704. The van der Waals surface area contributed by atoms with Gasteiger partial charge < -0.3 is 20.1 Å². The maximum atomic E-state index is 11.6. The van der Waals surface area contributed by atoms with E-state index in [9.17, 15) is 4.79 Å². The van der Waals surface area contributed by atoms with Crippen LogP contribution in [0.3, 0.4) is 0 Å². The first-order valence-electron chi connectivity index (χ1n) is 6.61. The van der Waals surface area contributed by atoms with Gasteiger partial charge in [-0.25, -0.2) is 4.79 Å². The fraction of sp³-hybridized carbons (Fsp3) is 0.188. The summed E-state index contributed by atoms with van der Waals surface area (Å²) in [6.07, 6.45) is 0. The molecule has 0 radical (unpaired) electrons. The zero-order chi connectivity index (χ0) is 14.9. The third kappa shape index (κ3) is 4.72. The van der Waals surface area contributed by atoms with E-state index in [2.05, 4.69) is 10.6 Å². The molecule has 0 fully saturated rings. The number of rotatable bonds is 6. The number of urea groups is 1. The molecule has 0 bridgehead atoms. The van der Waals surface area contributed by atoms with E-state index in [1.54, 1.807) is 19.2 Å². The van der Waals surface area contributed by atoms with Crippen LogP contribution in [0.25, 0.3) is 0 Å². The van der Waals surface area contributed by atoms with E-state index in [1.807, 2.05) is 42.5 Å². The molecule has 2 amide bonds. The van der Waals surface area contributed by atoms with Crippen molar-refractivity contribution in [2.24, 2.45) is 0 Å². The largest absolute Gasteiger partial charge is 0.493 e. The van der Waals surface area contributed by atoms with Crippen molar-refractivity contribution in [3.63, 3.8) is 0 Å². The monoisotopic (exact) mass is 286 g/mol. The van der Waals surface area contributed by atoms with Crippen LogP contribution in [0.5, 0.6) is 11.5 Å². The smallest absolute Gasteiger partial charge is 0.317 e. The lowest BCUT2D eigenvalue weighted by atomic mass is 10.2. The van der Waals surface area contributed by atoms with Gasteiger partial charge >= 0.3 is 6.03 Å². The standard InChI is InChI=1S/C16H18N2O3/c1-20-14-9-5-6-10-15(14)21-12-18-16(19)17-11-13-7-3-2-4-8-13/h2-10H,11-12H2,1H3,(H2,17,18,19). The van der Waals surface area contributed by atoms with Crippen molar-refractivity contribution < 1.29 is 14.3 Å². The molecule has 21 heavy (non-hydrogen) atoms. The summed E-state index contributed by atoms with van der Waals surface area (Å²) in [5, 5.41) is 5.38. The third-order valence-corrected chi connectivity index (χ3v) is 2.83. The number of ether oxygens (including phenoxy) is 2. The molecule has 110 valence electrons. The van der Waals surface area contributed by atoms with Crippen molar-refractivity contribution >= 4 is 6.03 Å². The second kappa shape index (κ2) is 7.79. The minimum atomic E-state index is -0.284. The molecule has 5 heteroatoms. The average Bonchev–Trinajstić information content (AvgIpc) is 2.54. The van der Waals surface area contributed by atoms with Crippen LogP contribution in [-0.2, 0) is 6.54 Å². The van der Waals surface area contributed by atoms with E-state index < -0.39 is 0 Å². The zero-order valence-corrected chi connectivity index (χ0v) is 11.8. The van der Waals surface area contributed by atoms with Gasteiger partial charge in [0.1, 0.15) is 0 Å². The summed E-state index contributed by atoms with van der Waals surface area (Å²) in [4.78, 5) is 11.6. The predicted molar refractivity (Wildman–Crippen MR) is 80.3 cm³/mol. The highest BCUT2D eigenvalue weighted by Crippen LogP contribution is 2.25. The highest BCUT2D eigenvalue weighted by atomic mass is 16.5. The fourth-order valence-electron chi connectivity index (χ4n) is 1.76. The molecule has 2 rings (SSSR count). The van der Waals surface area contributed by atoms with Gasteiger partial charge in [-0.05, 0) is 17.7 Å². The van der Waals surface area contributed by atoms with Gasteiger partial charge in [0.15, 0.2) is 18.2 Å². The number of methoxy groups -OCH3 is 1. The predicted octanol–water partition coefficient (Wildman–Crippen LogP) is 2.53. The van der Waals surface area contributed by atoms with Gasteiger partial charge in [-0.2, -0.15) is 0 Å². The van der Waals surface area contributed by atoms with Crippen molar-refractivity contribution in [1.82, 2.24) is 10.6 Å². The second-order valence-corrected chi connectivity index (χ2v) is 4.28. The molecular formula is C16H18N2O3. The molecule has 0 aliphatic heterocycles. The van der Waals surface area contributed by atoms with Crippen LogP contribution in [0.15, 0.2) is 54.6 Å². The van der Waals surface area contributed by atoms with Crippen molar-refractivity contribution in [3.05, 3.63) is 60.2 Å². The number of nitrogens with one attached hydrogen (secondary N) is 2.